The Balaban J connectivity index is 1.62. The second kappa shape index (κ2) is 7.94. The molecule has 0 unspecified atom stereocenters. The molecule has 1 aliphatic rings. The fourth-order valence-electron chi connectivity index (χ4n) is 2.15. The van der Waals surface area contributed by atoms with Gasteiger partial charge in [-0.15, -0.1) is 0 Å². The minimum atomic E-state index is -0.149. The molecule has 0 aliphatic carbocycles. The van der Waals surface area contributed by atoms with Gasteiger partial charge in [0.05, 0.1) is 13.2 Å². The summed E-state index contributed by atoms with van der Waals surface area (Å²) >= 11 is 3.36. The summed E-state index contributed by atoms with van der Waals surface area (Å²) in [5, 5.41) is 3.29. The van der Waals surface area contributed by atoms with Gasteiger partial charge in [-0.05, 0) is 37.7 Å². The van der Waals surface area contributed by atoms with E-state index in [9.17, 15) is 4.39 Å². The maximum Gasteiger partial charge on any atom is 0.127 e. The van der Waals surface area contributed by atoms with Gasteiger partial charge < -0.3 is 10.1 Å². The topological polar surface area (TPSA) is 24.5 Å². The normalized spacial score (nSPS) is 16.7. The minimum Gasteiger partial charge on any atom is -0.379 e. The molecule has 1 saturated heterocycles. The van der Waals surface area contributed by atoms with Crippen molar-refractivity contribution in [3.8, 4) is 0 Å². The van der Waals surface area contributed by atoms with E-state index in [1.807, 2.05) is 6.07 Å². The first-order valence-electron chi connectivity index (χ1n) is 6.70. The number of nitrogens with one attached hydrogen (secondary N) is 1. The van der Waals surface area contributed by atoms with Crippen LogP contribution in [-0.2, 0) is 11.3 Å². The van der Waals surface area contributed by atoms with Crippen LogP contribution in [0.15, 0.2) is 22.7 Å². The van der Waals surface area contributed by atoms with E-state index in [0.717, 1.165) is 50.3 Å². The number of hydrogen-bond acceptors (Lipinski definition) is 3. The van der Waals surface area contributed by atoms with Crippen molar-refractivity contribution < 1.29 is 9.13 Å². The van der Waals surface area contributed by atoms with Crippen LogP contribution in [0.25, 0.3) is 0 Å². The standard InChI is InChI=1S/C14H20BrFN2O/c15-13-2-3-14(16)12(10-13)11-17-4-1-5-18-6-8-19-9-7-18/h2-3,10,17H,1,4-9,11H2. The Kier molecular flexibility index (Phi) is 6.23. The molecule has 3 nitrogen and oxygen atoms in total. The highest BCUT2D eigenvalue weighted by Crippen LogP contribution is 2.15. The molecule has 0 amide bonds. The minimum absolute atomic E-state index is 0.149. The van der Waals surface area contributed by atoms with Gasteiger partial charge in [-0.1, -0.05) is 15.9 Å². The number of rotatable bonds is 6. The van der Waals surface area contributed by atoms with Crippen molar-refractivity contribution in [1.82, 2.24) is 10.2 Å². The average Bonchev–Trinajstić information content (AvgIpc) is 2.43. The van der Waals surface area contributed by atoms with Crippen molar-refractivity contribution in [3.63, 3.8) is 0 Å². The maximum atomic E-state index is 13.5. The van der Waals surface area contributed by atoms with Gasteiger partial charge in [0, 0.05) is 29.7 Å². The van der Waals surface area contributed by atoms with Crippen LogP contribution in [0, 0.1) is 5.82 Å². The first-order chi connectivity index (χ1) is 9.25. The van der Waals surface area contributed by atoms with E-state index in [4.69, 9.17) is 4.74 Å². The molecule has 0 atom stereocenters. The van der Waals surface area contributed by atoms with Crippen molar-refractivity contribution in [1.29, 1.82) is 0 Å². The third kappa shape index (κ3) is 5.18. The van der Waals surface area contributed by atoms with Crippen LogP contribution >= 0.6 is 15.9 Å². The molecule has 1 aromatic rings. The summed E-state index contributed by atoms with van der Waals surface area (Å²) in [5.74, 6) is -0.149. The van der Waals surface area contributed by atoms with Crippen molar-refractivity contribution in [3.05, 3.63) is 34.1 Å². The monoisotopic (exact) mass is 330 g/mol. The molecule has 1 aromatic carbocycles. The van der Waals surface area contributed by atoms with E-state index in [1.54, 1.807) is 6.07 Å². The summed E-state index contributed by atoms with van der Waals surface area (Å²) in [5.41, 5.74) is 0.709. The smallest absolute Gasteiger partial charge is 0.127 e. The van der Waals surface area contributed by atoms with Gasteiger partial charge in [0.1, 0.15) is 5.82 Å². The van der Waals surface area contributed by atoms with Crippen LogP contribution in [0.1, 0.15) is 12.0 Å². The van der Waals surface area contributed by atoms with Crippen molar-refractivity contribution in [2.75, 3.05) is 39.4 Å². The van der Waals surface area contributed by atoms with E-state index in [2.05, 4.69) is 26.1 Å². The van der Waals surface area contributed by atoms with Gasteiger partial charge in [-0.3, -0.25) is 4.90 Å². The molecule has 0 bridgehead atoms. The number of nitrogens with zero attached hydrogens (tertiary/aromatic N) is 1. The molecule has 0 spiro atoms. The van der Waals surface area contributed by atoms with Gasteiger partial charge >= 0.3 is 0 Å². The Morgan fingerprint density at radius 3 is 2.89 bits per heavy atom. The molecule has 0 aromatic heterocycles. The van der Waals surface area contributed by atoms with Crippen LogP contribution in [0.2, 0.25) is 0 Å². The second-order valence-corrected chi connectivity index (χ2v) is 5.64. The summed E-state index contributed by atoms with van der Waals surface area (Å²) in [6, 6.07) is 5.04. The van der Waals surface area contributed by atoms with Crippen molar-refractivity contribution >= 4 is 15.9 Å². The number of morpholine rings is 1. The Hall–Kier alpha value is -0.490. The number of ether oxygens (including phenoxy) is 1. The molecule has 1 aliphatic heterocycles. The molecule has 1 fully saturated rings. The summed E-state index contributed by atoms with van der Waals surface area (Å²) in [7, 11) is 0. The van der Waals surface area contributed by atoms with E-state index in [0.29, 0.717) is 12.1 Å². The molecule has 2 rings (SSSR count). The fourth-order valence-corrected chi connectivity index (χ4v) is 2.56. The molecule has 1 N–H and O–H groups in total. The maximum absolute atomic E-state index is 13.5. The summed E-state index contributed by atoms with van der Waals surface area (Å²) in [6.45, 7) is 6.31. The molecule has 5 heteroatoms. The van der Waals surface area contributed by atoms with Crippen molar-refractivity contribution in [2.45, 2.75) is 13.0 Å². The van der Waals surface area contributed by atoms with E-state index in [1.165, 1.54) is 6.07 Å². The molecule has 0 radical (unpaired) electrons. The molecule has 19 heavy (non-hydrogen) atoms. The summed E-state index contributed by atoms with van der Waals surface area (Å²) in [4.78, 5) is 2.41. The predicted molar refractivity (Wildman–Crippen MR) is 77.7 cm³/mol. The molecule has 1 heterocycles. The zero-order valence-corrected chi connectivity index (χ0v) is 12.6. The third-order valence-electron chi connectivity index (χ3n) is 3.25. The summed E-state index contributed by atoms with van der Waals surface area (Å²) < 4.78 is 19.7. The Bertz CT molecular complexity index is 397. The van der Waals surface area contributed by atoms with Gasteiger partial charge in [0.15, 0.2) is 0 Å². The summed E-state index contributed by atoms with van der Waals surface area (Å²) in [6.07, 6.45) is 1.08. The van der Waals surface area contributed by atoms with Gasteiger partial charge in [-0.25, -0.2) is 4.39 Å². The van der Waals surface area contributed by atoms with Crippen LogP contribution in [0.4, 0.5) is 4.39 Å². The average molecular weight is 331 g/mol. The quantitative estimate of drug-likeness (QED) is 0.810. The second-order valence-electron chi connectivity index (χ2n) is 4.72. The molecular formula is C14H20BrFN2O. The SMILES string of the molecule is Fc1ccc(Br)cc1CNCCCN1CCOCC1. The Morgan fingerprint density at radius 2 is 2.11 bits per heavy atom. The zero-order valence-electron chi connectivity index (χ0n) is 11.0. The lowest BCUT2D eigenvalue weighted by molar-refractivity contribution is 0.0374. The van der Waals surface area contributed by atoms with Crippen LogP contribution in [-0.4, -0.2) is 44.3 Å². The number of benzene rings is 1. The third-order valence-corrected chi connectivity index (χ3v) is 3.75. The first kappa shape index (κ1) is 14.9. The number of hydrogen-bond donors (Lipinski definition) is 1. The highest BCUT2D eigenvalue weighted by Gasteiger charge is 2.09. The Morgan fingerprint density at radius 1 is 1.32 bits per heavy atom. The van der Waals surface area contributed by atoms with E-state index < -0.39 is 0 Å². The highest BCUT2D eigenvalue weighted by molar-refractivity contribution is 9.10. The molecular weight excluding hydrogens is 311 g/mol. The van der Waals surface area contributed by atoms with Crippen LogP contribution in [0.5, 0.6) is 0 Å². The predicted octanol–water partition coefficient (Wildman–Crippen LogP) is 2.40. The van der Waals surface area contributed by atoms with Crippen LogP contribution < -0.4 is 5.32 Å². The lowest BCUT2D eigenvalue weighted by atomic mass is 10.2. The van der Waals surface area contributed by atoms with Gasteiger partial charge in [-0.2, -0.15) is 0 Å². The highest BCUT2D eigenvalue weighted by atomic mass is 79.9. The van der Waals surface area contributed by atoms with Gasteiger partial charge in [0.25, 0.3) is 0 Å². The van der Waals surface area contributed by atoms with E-state index in [-0.39, 0.29) is 5.82 Å². The zero-order chi connectivity index (χ0) is 13.5. The van der Waals surface area contributed by atoms with Crippen LogP contribution in [0.3, 0.4) is 0 Å². The lowest BCUT2D eigenvalue weighted by Gasteiger charge is -2.26. The molecule has 0 saturated carbocycles. The fraction of sp³-hybridized carbons (Fsp3) is 0.571. The lowest BCUT2D eigenvalue weighted by Crippen LogP contribution is -2.37. The van der Waals surface area contributed by atoms with Gasteiger partial charge in [0.2, 0.25) is 0 Å². The van der Waals surface area contributed by atoms with Crippen molar-refractivity contribution in [2.24, 2.45) is 0 Å². The number of halogens is 2. The Labute approximate surface area is 122 Å². The van der Waals surface area contributed by atoms with E-state index >= 15 is 0 Å². The molecule has 106 valence electrons. The first-order valence-corrected chi connectivity index (χ1v) is 7.50. The largest absolute Gasteiger partial charge is 0.379 e.